The molecule has 8 nitrogen and oxygen atoms in total. The number of aliphatic hydroxyl groups is 1. The van der Waals surface area contributed by atoms with Crippen LogP contribution in [-0.4, -0.2) is 89.3 Å². The van der Waals surface area contributed by atoms with Crippen molar-refractivity contribution in [2.75, 3.05) is 72.0 Å². The molecule has 1 atom stereocenters. The van der Waals surface area contributed by atoms with Gasteiger partial charge in [-0.15, -0.1) is 0 Å². The first-order valence-corrected chi connectivity index (χ1v) is 22.4. The van der Waals surface area contributed by atoms with Crippen LogP contribution in [0.25, 0.3) is 0 Å². The van der Waals surface area contributed by atoms with E-state index in [-0.39, 0.29) is 24.6 Å². The molecule has 6 N–H and O–H groups in total. The molecule has 4 aromatic rings. The molecule has 1 unspecified atom stereocenters. The number of carbonyl (C=O) groups excluding carboxylic acids is 1. The molecule has 2 heterocycles. The Morgan fingerprint density at radius 1 is 0.579 bits per heavy atom. The van der Waals surface area contributed by atoms with Crippen LogP contribution >= 0.6 is 31.9 Å². The summed E-state index contributed by atoms with van der Waals surface area (Å²) < 4.78 is 74.7. The van der Waals surface area contributed by atoms with Crippen molar-refractivity contribution in [2.45, 2.75) is 45.1 Å². The summed E-state index contributed by atoms with van der Waals surface area (Å²) in [5.41, 5.74) is 5.09. The number of piperazine rings is 2. The fourth-order valence-electron chi connectivity index (χ4n) is 5.57. The standard InChI is InChI=1S/C18H18BrF3N2O.C17H17BrN2O.C4H9F3Si.CH4.H3N.H2O/c19-14-3-7-16(8-4-14)24-11-9-23(10-12-24)15-5-1-13(2-6-15)17(25)18(20,21)22;18-15-3-7-17(8-4-15)20-11-9-19(10-12-20)16-5-1-14(13-21)2-6-16;1-8(2,3)4(5,6)7;;;/h1-8,17,25H,9-12H2;1-8,13H,9-12H2;1-3H3;1H4;1H3;1H2. The molecular weight excluding hydrogens is 900 g/mol. The molecule has 4 aromatic carbocycles. The number of alkyl halides is 6. The monoisotopic (exact) mass is 951 g/mol. The average molecular weight is 954 g/mol. The number of rotatable bonds is 6. The first kappa shape index (κ1) is 51.4. The second kappa shape index (κ2) is 22.5. The topological polar surface area (TPSA) is 117 Å². The van der Waals surface area contributed by atoms with Gasteiger partial charge in [-0.3, -0.25) is 4.79 Å². The number of nitrogens with zero attached hydrogens (tertiary/aromatic N) is 4. The fourth-order valence-corrected chi connectivity index (χ4v) is 6.10. The first-order valence-electron chi connectivity index (χ1n) is 17.3. The molecule has 2 fully saturated rings. The van der Waals surface area contributed by atoms with Crippen molar-refractivity contribution in [3.63, 3.8) is 0 Å². The Labute approximate surface area is 349 Å². The van der Waals surface area contributed by atoms with Crippen LogP contribution in [0.1, 0.15) is 29.5 Å². The van der Waals surface area contributed by atoms with Crippen LogP contribution in [0.15, 0.2) is 106 Å². The van der Waals surface area contributed by atoms with Crippen LogP contribution < -0.4 is 25.8 Å². The molecule has 17 heteroatoms. The molecule has 316 valence electrons. The Bertz CT molecular complexity index is 1740. The summed E-state index contributed by atoms with van der Waals surface area (Å²) in [5, 5.41) is 9.29. The van der Waals surface area contributed by atoms with Gasteiger partial charge in [0.2, 0.25) is 0 Å². The third-order valence-corrected chi connectivity index (χ3v) is 11.8. The smallest absolute Gasteiger partial charge is 0.412 e. The molecule has 6 rings (SSSR count). The van der Waals surface area contributed by atoms with Crippen molar-refractivity contribution in [1.82, 2.24) is 6.15 Å². The van der Waals surface area contributed by atoms with E-state index in [9.17, 15) is 36.2 Å². The Balaban J connectivity index is 0.000000463. The summed E-state index contributed by atoms with van der Waals surface area (Å²) in [4.78, 5) is 19.9. The fraction of sp³-hybridized carbons (Fsp3) is 0.375. The second-order valence-corrected chi connectivity index (χ2v) is 20.8. The molecule has 0 bridgehead atoms. The number of halogens is 8. The highest BCUT2D eigenvalue weighted by Crippen LogP contribution is 2.33. The zero-order chi connectivity index (χ0) is 39.7. The van der Waals surface area contributed by atoms with Gasteiger partial charge in [0.1, 0.15) is 6.29 Å². The van der Waals surface area contributed by atoms with E-state index >= 15 is 0 Å². The number of hydrogen-bond donors (Lipinski definition) is 2. The molecule has 0 amide bonds. The Hall–Kier alpha value is -3.61. The minimum atomic E-state index is -4.64. The van der Waals surface area contributed by atoms with E-state index < -0.39 is 26.2 Å². The number of aliphatic hydroxyl groups excluding tert-OH is 1. The normalized spacial score (nSPS) is 14.9. The van der Waals surface area contributed by atoms with E-state index in [1.54, 1.807) is 12.1 Å². The largest absolute Gasteiger partial charge is 0.418 e. The lowest BCUT2D eigenvalue weighted by Gasteiger charge is -2.37. The second-order valence-electron chi connectivity index (χ2n) is 13.9. The molecule has 0 aliphatic carbocycles. The minimum absolute atomic E-state index is 0. The molecule has 2 aliphatic rings. The van der Waals surface area contributed by atoms with Gasteiger partial charge < -0.3 is 36.3 Å². The molecule has 2 aliphatic heterocycles. The summed E-state index contributed by atoms with van der Waals surface area (Å²) in [5.74, 6) is -3.92. The van der Waals surface area contributed by atoms with Crippen molar-refractivity contribution in [3.05, 3.63) is 117 Å². The molecule has 0 aromatic heterocycles. The maximum Gasteiger partial charge on any atom is 0.418 e. The number of anilines is 4. The highest BCUT2D eigenvalue weighted by atomic mass is 79.9. The molecule has 57 heavy (non-hydrogen) atoms. The third kappa shape index (κ3) is 15.3. The van der Waals surface area contributed by atoms with Gasteiger partial charge in [-0.25, -0.2) is 0 Å². The van der Waals surface area contributed by atoms with Crippen molar-refractivity contribution in [1.29, 1.82) is 0 Å². The van der Waals surface area contributed by atoms with Crippen molar-refractivity contribution in [3.8, 4) is 0 Å². The third-order valence-electron chi connectivity index (χ3n) is 9.07. The lowest BCUT2D eigenvalue weighted by atomic mass is 10.1. The van der Waals surface area contributed by atoms with Gasteiger partial charge in [-0.05, 0) is 90.5 Å². The summed E-state index contributed by atoms with van der Waals surface area (Å²) in [6, 6.07) is 30.4. The lowest BCUT2D eigenvalue weighted by molar-refractivity contribution is -0.206. The number of aldehydes is 1. The number of benzene rings is 4. The van der Waals surface area contributed by atoms with Crippen molar-refractivity contribution >= 4 is 69.0 Å². The quantitative estimate of drug-likeness (QED) is 0.112. The predicted molar refractivity (Wildman–Crippen MR) is 231 cm³/mol. The van der Waals surface area contributed by atoms with E-state index in [2.05, 4.69) is 87.9 Å². The Kier molecular flexibility index (Phi) is 20.3. The maximum absolute atomic E-state index is 12.6. The molecule has 0 saturated carbocycles. The van der Waals surface area contributed by atoms with Crippen molar-refractivity contribution < 1.29 is 41.7 Å². The summed E-state index contributed by atoms with van der Waals surface area (Å²) >= 11 is 6.89. The van der Waals surface area contributed by atoms with E-state index in [4.69, 9.17) is 0 Å². The van der Waals surface area contributed by atoms with Crippen LogP contribution in [0, 0.1) is 0 Å². The van der Waals surface area contributed by atoms with E-state index in [1.165, 1.54) is 43.1 Å². The molecule has 2 saturated heterocycles. The SMILES string of the molecule is C.C[Si](C)(C)C(F)(F)F.N.O.O=Cc1ccc(N2CCN(c3ccc(Br)cc3)CC2)cc1.OC(c1ccc(N2CCN(c3ccc(Br)cc3)CC2)cc1)C(F)(F)F. The van der Waals surface area contributed by atoms with Gasteiger partial charge in [0.25, 0.3) is 0 Å². The maximum atomic E-state index is 12.6. The highest BCUT2D eigenvalue weighted by molar-refractivity contribution is 9.10. The zero-order valence-corrected chi connectivity index (χ0v) is 35.6. The van der Waals surface area contributed by atoms with Crippen LogP contribution in [-0.2, 0) is 0 Å². The molecular formula is C40H53Br2F6N5O3Si. The van der Waals surface area contributed by atoms with Crippen LogP contribution in [0.2, 0.25) is 19.6 Å². The number of hydrogen-bond acceptors (Lipinski definition) is 7. The lowest BCUT2D eigenvalue weighted by Crippen LogP contribution is -2.46. The van der Waals surface area contributed by atoms with Gasteiger partial charge in [-0.2, -0.15) is 26.3 Å². The van der Waals surface area contributed by atoms with E-state index in [0.717, 1.165) is 84.5 Å². The van der Waals surface area contributed by atoms with Gasteiger partial charge in [0.15, 0.2) is 14.2 Å². The number of carbonyl (C=O) groups is 1. The highest BCUT2D eigenvalue weighted by Gasteiger charge is 2.45. The molecule has 0 radical (unpaired) electrons. The Morgan fingerprint density at radius 3 is 1.05 bits per heavy atom. The average Bonchev–Trinajstić information content (AvgIpc) is 3.15. The minimum Gasteiger partial charge on any atom is -0.412 e. The Morgan fingerprint density at radius 2 is 0.825 bits per heavy atom. The van der Waals surface area contributed by atoms with E-state index in [0.29, 0.717) is 0 Å². The van der Waals surface area contributed by atoms with Crippen LogP contribution in [0.3, 0.4) is 0 Å². The van der Waals surface area contributed by atoms with Crippen molar-refractivity contribution in [2.24, 2.45) is 0 Å². The van der Waals surface area contributed by atoms with Gasteiger partial charge in [-0.1, -0.05) is 71.1 Å². The van der Waals surface area contributed by atoms with Crippen LogP contribution in [0.4, 0.5) is 49.1 Å². The van der Waals surface area contributed by atoms with E-state index in [1.807, 2.05) is 36.4 Å². The summed E-state index contributed by atoms with van der Waals surface area (Å²) in [6.45, 7) is 11.1. The summed E-state index contributed by atoms with van der Waals surface area (Å²) in [6.07, 6.45) is -6.19. The first-order chi connectivity index (χ1) is 25.4. The van der Waals surface area contributed by atoms with Gasteiger partial charge in [0.05, 0.1) is 0 Å². The van der Waals surface area contributed by atoms with Gasteiger partial charge >= 0.3 is 12.0 Å². The zero-order valence-electron chi connectivity index (χ0n) is 31.4. The van der Waals surface area contributed by atoms with Crippen LogP contribution in [0.5, 0.6) is 0 Å². The molecule has 0 spiro atoms. The predicted octanol–water partition coefficient (Wildman–Crippen LogP) is 10.4. The van der Waals surface area contributed by atoms with Gasteiger partial charge in [0, 0.05) is 89.6 Å². The summed E-state index contributed by atoms with van der Waals surface area (Å²) in [7, 11) is -2.86.